The number of rotatable bonds is 9. The smallest absolute Gasteiger partial charge is 0.272 e. The number of unbranched alkanes of at least 4 members (excludes halogenated alkanes) is 5. The van der Waals surface area contributed by atoms with Crippen molar-refractivity contribution in [3.63, 3.8) is 0 Å². The van der Waals surface area contributed by atoms with Gasteiger partial charge in [0.25, 0.3) is 5.69 Å². The van der Waals surface area contributed by atoms with Crippen molar-refractivity contribution in [3.8, 4) is 29.4 Å². The van der Waals surface area contributed by atoms with E-state index in [4.69, 9.17) is 10.5 Å². The first kappa shape index (κ1) is 24.8. The standard InChI is InChI=1S/C27H32N2O3/c1-5-7-8-9-10-11-15-32-26-17-21(4)20(3)16-22(26)13-14-24-19-25(29(30)31)18-23(12-6-2)27(24)28/h16-19H,5,7-11,15,28H2,1-4H3. The van der Waals surface area contributed by atoms with Crippen LogP contribution in [0.15, 0.2) is 24.3 Å². The van der Waals surface area contributed by atoms with Crippen LogP contribution < -0.4 is 10.5 Å². The quantitative estimate of drug-likeness (QED) is 0.166. The van der Waals surface area contributed by atoms with E-state index in [-0.39, 0.29) is 5.69 Å². The van der Waals surface area contributed by atoms with Crippen LogP contribution in [0.4, 0.5) is 11.4 Å². The molecule has 0 bridgehead atoms. The highest BCUT2D eigenvalue weighted by atomic mass is 16.6. The van der Waals surface area contributed by atoms with E-state index < -0.39 is 4.92 Å². The van der Waals surface area contributed by atoms with Crippen molar-refractivity contribution in [2.75, 3.05) is 12.3 Å². The molecule has 5 nitrogen and oxygen atoms in total. The van der Waals surface area contributed by atoms with Crippen molar-refractivity contribution in [2.45, 2.75) is 66.2 Å². The summed E-state index contributed by atoms with van der Waals surface area (Å²) in [6.07, 6.45) is 7.17. The Labute approximate surface area is 191 Å². The van der Waals surface area contributed by atoms with E-state index in [0.717, 1.165) is 35.3 Å². The number of anilines is 1. The van der Waals surface area contributed by atoms with Gasteiger partial charge in [-0.3, -0.25) is 10.1 Å². The summed E-state index contributed by atoms with van der Waals surface area (Å²) >= 11 is 0. The van der Waals surface area contributed by atoms with Crippen LogP contribution >= 0.6 is 0 Å². The Bertz CT molecular complexity index is 1080. The number of aryl methyl sites for hydroxylation is 2. The number of nitro groups is 1. The number of hydrogen-bond donors (Lipinski definition) is 1. The largest absolute Gasteiger partial charge is 0.492 e. The molecular weight excluding hydrogens is 400 g/mol. The van der Waals surface area contributed by atoms with Gasteiger partial charge in [0.05, 0.1) is 33.9 Å². The summed E-state index contributed by atoms with van der Waals surface area (Å²) in [5.74, 6) is 12.4. The summed E-state index contributed by atoms with van der Waals surface area (Å²) < 4.78 is 6.06. The minimum Gasteiger partial charge on any atom is -0.492 e. The summed E-state index contributed by atoms with van der Waals surface area (Å²) in [4.78, 5) is 10.8. The summed E-state index contributed by atoms with van der Waals surface area (Å²) in [5, 5.41) is 11.3. The Morgan fingerprint density at radius 3 is 2.16 bits per heavy atom. The van der Waals surface area contributed by atoms with E-state index in [1.807, 2.05) is 26.0 Å². The lowest BCUT2D eigenvalue weighted by Crippen LogP contribution is -2.01. The monoisotopic (exact) mass is 432 g/mol. The molecule has 168 valence electrons. The molecule has 0 atom stereocenters. The van der Waals surface area contributed by atoms with Crippen molar-refractivity contribution in [3.05, 3.63) is 62.2 Å². The fourth-order valence-electron chi connectivity index (χ4n) is 3.29. The van der Waals surface area contributed by atoms with Crippen LogP contribution in [0.5, 0.6) is 5.75 Å². The van der Waals surface area contributed by atoms with Crippen LogP contribution in [0.1, 0.15) is 80.2 Å². The van der Waals surface area contributed by atoms with Gasteiger partial charge in [-0.2, -0.15) is 0 Å². The SMILES string of the molecule is CC#Cc1cc([N+](=O)[O-])cc(C#Cc2cc(C)c(C)cc2OCCCCCCCC)c1N. The predicted molar refractivity (Wildman–Crippen MR) is 131 cm³/mol. The fourth-order valence-corrected chi connectivity index (χ4v) is 3.29. The number of benzene rings is 2. The topological polar surface area (TPSA) is 78.4 Å². The molecule has 0 amide bonds. The van der Waals surface area contributed by atoms with Crippen LogP contribution in [0.25, 0.3) is 0 Å². The predicted octanol–water partition coefficient (Wildman–Crippen LogP) is 6.30. The van der Waals surface area contributed by atoms with Gasteiger partial charge in [-0.25, -0.2) is 0 Å². The van der Waals surface area contributed by atoms with Crippen molar-refractivity contribution >= 4 is 11.4 Å². The number of hydrogen-bond acceptors (Lipinski definition) is 4. The Balaban J connectivity index is 2.29. The minimum absolute atomic E-state index is 0.0825. The Kier molecular flexibility index (Phi) is 9.64. The molecule has 0 aromatic heterocycles. The van der Waals surface area contributed by atoms with E-state index in [2.05, 4.69) is 30.6 Å². The first-order chi connectivity index (χ1) is 15.4. The van der Waals surface area contributed by atoms with E-state index in [1.165, 1.54) is 37.8 Å². The van der Waals surface area contributed by atoms with E-state index >= 15 is 0 Å². The summed E-state index contributed by atoms with van der Waals surface area (Å²) in [5.41, 5.74) is 10.2. The average Bonchev–Trinajstić information content (AvgIpc) is 2.76. The molecule has 32 heavy (non-hydrogen) atoms. The molecule has 2 rings (SSSR count). The lowest BCUT2D eigenvalue weighted by Gasteiger charge is -2.11. The number of nitrogen functional groups attached to an aromatic ring is 1. The Hall–Kier alpha value is -3.44. The van der Waals surface area contributed by atoms with Gasteiger partial charge in [0.1, 0.15) is 5.75 Å². The zero-order chi connectivity index (χ0) is 23.5. The lowest BCUT2D eigenvalue weighted by molar-refractivity contribution is -0.384. The highest BCUT2D eigenvalue weighted by Crippen LogP contribution is 2.26. The maximum Gasteiger partial charge on any atom is 0.272 e. The zero-order valence-electron chi connectivity index (χ0n) is 19.5. The zero-order valence-corrected chi connectivity index (χ0v) is 19.5. The minimum atomic E-state index is -0.462. The van der Waals surface area contributed by atoms with Gasteiger partial charge in [-0.05, 0) is 50.5 Å². The molecule has 2 aromatic carbocycles. The van der Waals surface area contributed by atoms with E-state index in [9.17, 15) is 10.1 Å². The van der Waals surface area contributed by atoms with E-state index in [1.54, 1.807) is 6.92 Å². The molecule has 0 aliphatic heterocycles. The third-order valence-electron chi connectivity index (χ3n) is 5.32. The van der Waals surface area contributed by atoms with Gasteiger partial charge < -0.3 is 10.5 Å². The number of non-ortho nitro benzene ring substituents is 1. The number of nitrogens with two attached hydrogens (primary N) is 1. The van der Waals surface area contributed by atoms with Crippen LogP contribution in [0.3, 0.4) is 0 Å². The Morgan fingerprint density at radius 2 is 1.50 bits per heavy atom. The van der Waals surface area contributed by atoms with Gasteiger partial charge in [0.15, 0.2) is 0 Å². The summed E-state index contributed by atoms with van der Waals surface area (Å²) in [7, 11) is 0. The number of ether oxygens (including phenoxy) is 1. The van der Waals surface area contributed by atoms with Gasteiger partial charge in [-0.15, -0.1) is 5.92 Å². The normalized spacial score (nSPS) is 10.0. The number of nitro benzene ring substituents is 1. The fraction of sp³-hybridized carbons (Fsp3) is 0.407. The summed E-state index contributed by atoms with van der Waals surface area (Å²) in [6, 6.07) is 6.75. The second kappa shape index (κ2) is 12.4. The van der Waals surface area contributed by atoms with Crippen molar-refractivity contribution in [1.82, 2.24) is 0 Å². The third kappa shape index (κ3) is 7.06. The van der Waals surface area contributed by atoms with Crippen molar-refractivity contribution in [2.24, 2.45) is 0 Å². The van der Waals surface area contributed by atoms with Crippen molar-refractivity contribution in [1.29, 1.82) is 0 Å². The molecule has 0 fully saturated rings. The van der Waals surface area contributed by atoms with Crippen LogP contribution in [-0.2, 0) is 0 Å². The van der Waals surface area contributed by atoms with Gasteiger partial charge in [-0.1, -0.05) is 56.8 Å². The highest BCUT2D eigenvalue weighted by Gasteiger charge is 2.13. The molecule has 0 unspecified atom stereocenters. The molecule has 0 radical (unpaired) electrons. The van der Waals surface area contributed by atoms with Crippen LogP contribution in [0.2, 0.25) is 0 Å². The molecule has 0 spiro atoms. The first-order valence-electron chi connectivity index (χ1n) is 11.1. The molecule has 0 aliphatic carbocycles. The Morgan fingerprint density at radius 1 is 0.906 bits per heavy atom. The molecule has 2 N–H and O–H groups in total. The molecular formula is C27H32N2O3. The van der Waals surface area contributed by atoms with E-state index in [0.29, 0.717) is 23.4 Å². The maximum absolute atomic E-state index is 11.3. The lowest BCUT2D eigenvalue weighted by atomic mass is 10.0. The third-order valence-corrected chi connectivity index (χ3v) is 5.32. The second-order valence-electron chi connectivity index (χ2n) is 7.89. The molecule has 0 heterocycles. The summed E-state index contributed by atoms with van der Waals surface area (Å²) in [6.45, 7) is 8.57. The maximum atomic E-state index is 11.3. The number of nitrogens with zero attached hydrogens (tertiary/aromatic N) is 1. The molecule has 2 aromatic rings. The van der Waals surface area contributed by atoms with Gasteiger partial charge in [0.2, 0.25) is 0 Å². The highest BCUT2D eigenvalue weighted by molar-refractivity contribution is 5.70. The molecule has 0 saturated carbocycles. The first-order valence-corrected chi connectivity index (χ1v) is 11.1. The molecule has 0 saturated heterocycles. The molecule has 5 heteroatoms. The molecule has 0 aliphatic rings. The second-order valence-corrected chi connectivity index (χ2v) is 7.89. The van der Waals surface area contributed by atoms with Crippen LogP contribution in [-0.4, -0.2) is 11.5 Å². The van der Waals surface area contributed by atoms with Crippen LogP contribution in [0, 0.1) is 47.6 Å². The van der Waals surface area contributed by atoms with Gasteiger partial charge >= 0.3 is 0 Å². The van der Waals surface area contributed by atoms with Gasteiger partial charge in [0, 0.05) is 12.1 Å². The van der Waals surface area contributed by atoms with Crippen molar-refractivity contribution < 1.29 is 9.66 Å². The average molecular weight is 433 g/mol.